The van der Waals surface area contributed by atoms with E-state index in [9.17, 15) is 0 Å². The van der Waals surface area contributed by atoms with Crippen LogP contribution in [0.2, 0.25) is 0 Å². The Labute approximate surface area is 131 Å². The van der Waals surface area contributed by atoms with Gasteiger partial charge in [-0.1, -0.05) is 50.2 Å². The maximum Gasteiger partial charge on any atom is 0.132 e. The van der Waals surface area contributed by atoms with E-state index >= 15 is 0 Å². The second-order valence-electron chi connectivity index (χ2n) is 5.39. The molecular weight excluding hydrogens is 278 g/mol. The number of hydrogen-bond acceptors (Lipinski definition) is 3. The summed E-state index contributed by atoms with van der Waals surface area (Å²) in [5.74, 6) is 2.30. The lowest BCUT2D eigenvalue weighted by molar-refractivity contribution is 0.405. The number of thioether (sulfide) groups is 1. The Morgan fingerprint density at radius 1 is 1.00 bits per heavy atom. The first kappa shape index (κ1) is 15.9. The summed E-state index contributed by atoms with van der Waals surface area (Å²) < 4.78 is 5.36. The van der Waals surface area contributed by atoms with Gasteiger partial charge in [0.25, 0.3) is 0 Å². The van der Waals surface area contributed by atoms with Crippen LogP contribution in [0.1, 0.15) is 36.9 Å². The summed E-state index contributed by atoms with van der Waals surface area (Å²) in [6.07, 6.45) is 0. The van der Waals surface area contributed by atoms with Crippen LogP contribution in [0.3, 0.4) is 0 Å². The van der Waals surface area contributed by atoms with Crippen molar-refractivity contribution < 1.29 is 4.74 Å². The minimum Gasteiger partial charge on any atom is -0.496 e. The number of para-hydroxylation sites is 1. The van der Waals surface area contributed by atoms with Gasteiger partial charge in [-0.2, -0.15) is 0 Å². The first-order valence-corrected chi connectivity index (χ1v) is 8.21. The number of ether oxygens (including phenoxy) is 1. The van der Waals surface area contributed by atoms with Crippen molar-refractivity contribution in [3.8, 4) is 5.75 Å². The zero-order valence-corrected chi connectivity index (χ0v) is 13.7. The van der Waals surface area contributed by atoms with E-state index in [4.69, 9.17) is 10.5 Å². The van der Waals surface area contributed by atoms with Crippen LogP contribution in [0.4, 0.5) is 0 Å². The minimum atomic E-state index is 0.0288. The van der Waals surface area contributed by atoms with Crippen LogP contribution in [0.25, 0.3) is 0 Å². The predicted octanol–water partition coefficient (Wildman–Crippen LogP) is 4.61. The molecule has 112 valence electrons. The summed E-state index contributed by atoms with van der Waals surface area (Å²) in [7, 11) is 1.70. The molecule has 0 bridgehead atoms. The van der Waals surface area contributed by atoms with Crippen LogP contribution in [0.15, 0.2) is 53.4 Å². The standard InChI is InChI=1S/C18H23NOS/c1-13(2)14-8-10-15(11-9-14)16(19)12-21-18-7-5-4-6-17(18)20-3/h4-11,13,16H,12,19H2,1-3H3. The van der Waals surface area contributed by atoms with Crippen molar-refractivity contribution in [1.29, 1.82) is 0 Å². The summed E-state index contributed by atoms with van der Waals surface area (Å²) in [5.41, 5.74) is 8.83. The lowest BCUT2D eigenvalue weighted by Crippen LogP contribution is -2.13. The van der Waals surface area contributed by atoms with Gasteiger partial charge in [0.15, 0.2) is 0 Å². The summed E-state index contributed by atoms with van der Waals surface area (Å²) in [6.45, 7) is 4.40. The van der Waals surface area contributed by atoms with E-state index in [1.807, 2.05) is 18.2 Å². The average Bonchev–Trinajstić information content (AvgIpc) is 2.52. The molecule has 2 aromatic carbocycles. The first-order chi connectivity index (χ1) is 10.1. The zero-order chi connectivity index (χ0) is 15.2. The highest BCUT2D eigenvalue weighted by Crippen LogP contribution is 2.31. The normalized spacial score (nSPS) is 12.4. The quantitative estimate of drug-likeness (QED) is 0.791. The van der Waals surface area contributed by atoms with E-state index < -0.39 is 0 Å². The van der Waals surface area contributed by atoms with E-state index in [0.29, 0.717) is 5.92 Å². The smallest absolute Gasteiger partial charge is 0.132 e. The Morgan fingerprint density at radius 3 is 2.24 bits per heavy atom. The van der Waals surface area contributed by atoms with Gasteiger partial charge in [0.05, 0.1) is 7.11 Å². The number of methoxy groups -OCH3 is 1. The zero-order valence-electron chi connectivity index (χ0n) is 12.9. The molecule has 0 aliphatic rings. The third-order valence-electron chi connectivity index (χ3n) is 3.52. The van der Waals surface area contributed by atoms with Crippen molar-refractivity contribution in [1.82, 2.24) is 0 Å². The molecule has 2 nitrogen and oxygen atoms in total. The van der Waals surface area contributed by atoms with Gasteiger partial charge in [-0.15, -0.1) is 11.8 Å². The number of rotatable bonds is 6. The van der Waals surface area contributed by atoms with Crippen LogP contribution in [0.5, 0.6) is 5.75 Å². The molecule has 0 spiro atoms. The minimum absolute atomic E-state index is 0.0288. The molecular formula is C18H23NOS. The summed E-state index contributed by atoms with van der Waals surface area (Å²) >= 11 is 1.74. The molecule has 2 N–H and O–H groups in total. The monoisotopic (exact) mass is 301 g/mol. The highest BCUT2D eigenvalue weighted by Gasteiger charge is 2.09. The summed E-state index contributed by atoms with van der Waals surface area (Å²) in [4.78, 5) is 1.13. The maximum atomic E-state index is 6.30. The maximum absolute atomic E-state index is 6.30. The molecule has 2 rings (SSSR count). The van der Waals surface area contributed by atoms with E-state index in [1.54, 1.807) is 18.9 Å². The first-order valence-electron chi connectivity index (χ1n) is 7.23. The second-order valence-corrected chi connectivity index (χ2v) is 6.45. The lowest BCUT2D eigenvalue weighted by Gasteiger charge is -2.14. The van der Waals surface area contributed by atoms with Crippen molar-refractivity contribution in [2.24, 2.45) is 5.73 Å². The molecule has 0 aliphatic carbocycles. The van der Waals surface area contributed by atoms with Crippen LogP contribution >= 0.6 is 11.8 Å². The molecule has 0 aromatic heterocycles. The van der Waals surface area contributed by atoms with Crippen molar-refractivity contribution in [2.75, 3.05) is 12.9 Å². The third-order valence-corrected chi connectivity index (χ3v) is 4.69. The van der Waals surface area contributed by atoms with Gasteiger partial charge in [-0.3, -0.25) is 0 Å². The third kappa shape index (κ3) is 4.26. The summed E-state index contributed by atoms with van der Waals surface area (Å²) in [5, 5.41) is 0. The van der Waals surface area contributed by atoms with E-state index in [1.165, 1.54) is 11.1 Å². The van der Waals surface area contributed by atoms with Crippen LogP contribution in [0, 0.1) is 0 Å². The highest BCUT2D eigenvalue weighted by atomic mass is 32.2. The topological polar surface area (TPSA) is 35.2 Å². The fourth-order valence-corrected chi connectivity index (χ4v) is 3.16. The van der Waals surface area contributed by atoms with Gasteiger partial charge in [0, 0.05) is 16.7 Å². The van der Waals surface area contributed by atoms with Gasteiger partial charge in [-0.05, 0) is 29.2 Å². The van der Waals surface area contributed by atoms with E-state index in [0.717, 1.165) is 16.4 Å². The molecule has 0 fully saturated rings. The predicted molar refractivity (Wildman–Crippen MR) is 91.2 cm³/mol. The Morgan fingerprint density at radius 2 is 1.62 bits per heavy atom. The van der Waals surface area contributed by atoms with Gasteiger partial charge >= 0.3 is 0 Å². The molecule has 2 aromatic rings. The Kier molecular flexibility index (Phi) is 5.71. The Bertz CT molecular complexity index is 566. The molecule has 0 saturated carbocycles. The largest absolute Gasteiger partial charge is 0.496 e. The molecule has 0 amide bonds. The van der Waals surface area contributed by atoms with Gasteiger partial charge < -0.3 is 10.5 Å². The fourth-order valence-electron chi connectivity index (χ4n) is 2.14. The average molecular weight is 301 g/mol. The molecule has 1 atom stereocenters. The second kappa shape index (κ2) is 7.53. The molecule has 0 saturated heterocycles. The van der Waals surface area contributed by atoms with Crippen LogP contribution in [-0.4, -0.2) is 12.9 Å². The van der Waals surface area contributed by atoms with Crippen molar-refractivity contribution in [3.63, 3.8) is 0 Å². The molecule has 3 heteroatoms. The van der Waals surface area contributed by atoms with Crippen LogP contribution in [-0.2, 0) is 0 Å². The number of hydrogen-bond donors (Lipinski definition) is 1. The molecule has 21 heavy (non-hydrogen) atoms. The lowest BCUT2D eigenvalue weighted by atomic mass is 10.00. The van der Waals surface area contributed by atoms with E-state index in [2.05, 4.69) is 44.2 Å². The van der Waals surface area contributed by atoms with Gasteiger partial charge in [0.2, 0.25) is 0 Å². The fraction of sp³-hybridized carbons (Fsp3) is 0.333. The Balaban J connectivity index is 1.99. The molecule has 0 heterocycles. The van der Waals surface area contributed by atoms with Crippen molar-refractivity contribution in [2.45, 2.75) is 30.7 Å². The SMILES string of the molecule is COc1ccccc1SCC(N)c1ccc(C(C)C)cc1. The van der Waals surface area contributed by atoms with Gasteiger partial charge in [-0.25, -0.2) is 0 Å². The van der Waals surface area contributed by atoms with E-state index in [-0.39, 0.29) is 6.04 Å². The summed E-state index contributed by atoms with van der Waals surface area (Å²) in [6, 6.07) is 16.7. The molecule has 1 unspecified atom stereocenters. The van der Waals surface area contributed by atoms with Gasteiger partial charge in [0.1, 0.15) is 5.75 Å². The Hall–Kier alpha value is -1.45. The molecule has 0 radical (unpaired) electrons. The van der Waals surface area contributed by atoms with Crippen molar-refractivity contribution >= 4 is 11.8 Å². The van der Waals surface area contributed by atoms with Crippen LogP contribution < -0.4 is 10.5 Å². The van der Waals surface area contributed by atoms with Crippen molar-refractivity contribution in [3.05, 3.63) is 59.7 Å². The number of benzene rings is 2. The number of nitrogens with two attached hydrogens (primary N) is 1. The molecule has 0 aliphatic heterocycles. The highest BCUT2D eigenvalue weighted by molar-refractivity contribution is 7.99.